The third-order valence-corrected chi connectivity index (χ3v) is 3.70. The van der Waals surface area contributed by atoms with Gasteiger partial charge in [0.2, 0.25) is 0 Å². The SMILES string of the molecule is CCC(C(C)C)N1CCCC(CNC)C1. The van der Waals surface area contributed by atoms with Crippen LogP contribution in [0.25, 0.3) is 0 Å². The second-order valence-corrected chi connectivity index (χ2v) is 5.28. The lowest BCUT2D eigenvalue weighted by molar-refractivity contribution is 0.0931. The number of likely N-dealkylation sites (tertiary alicyclic amines) is 1. The molecule has 1 aliphatic rings. The standard InChI is InChI=1S/C13H28N2/c1-5-13(11(2)3)15-8-6-7-12(10-15)9-14-4/h11-14H,5-10H2,1-4H3. The third-order valence-electron chi connectivity index (χ3n) is 3.70. The first-order valence-electron chi connectivity index (χ1n) is 6.57. The molecule has 15 heavy (non-hydrogen) atoms. The van der Waals surface area contributed by atoms with Crippen LogP contribution >= 0.6 is 0 Å². The Labute approximate surface area is 95.4 Å². The zero-order valence-electron chi connectivity index (χ0n) is 10.9. The van der Waals surface area contributed by atoms with Gasteiger partial charge >= 0.3 is 0 Å². The minimum absolute atomic E-state index is 0.795. The molecule has 1 fully saturated rings. The number of nitrogens with zero attached hydrogens (tertiary/aromatic N) is 1. The fourth-order valence-electron chi connectivity index (χ4n) is 3.01. The molecule has 1 rings (SSSR count). The van der Waals surface area contributed by atoms with Gasteiger partial charge in [-0.1, -0.05) is 20.8 Å². The van der Waals surface area contributed by atoms with Crippen LogP contribution in [0.2, 0.25) is 0 Å². The predicted octanol–water partition coefficient (Wildman–Crippen LogP) is 2.35. The van der Waals surface area contributed by atoms with Crippen molar-refractivity contribution in [3.63, 3.8) is 0 Å². The summed E-state index contributed by atoms with van der Waals surface area (Å²) in [5.74, 6) is 1.67. The summed E-state index contributed by atoms with van der Waals surface area (Å²) in [6.45, 7) is 10.8. The van der Waals surface area contributed by atoms with E-state index in [0.29, 0.717) is 0 Å². The van der Waals surface area contributed by atoms with Gasteiger partial charge in [-0.25, -0.2) is 0 Å². The van der Waals surface area contributed by atoms with Crippen molar-refractivity contribution >= 4 is 0 Å². The Morgan fingerprint density at radius 2 is 2.13 bits per heavy atom. The summed E-state index contributed by atoms with van der Waals surface area (Å²) in [6, 6.07) is 0.796. The van der Waals surface area contributed by atoms with E-state index in [0.717, 1.165) is 17.9 Å². The van der Waals surface area contributed by atoms with Gasteiger partial charge in [-0.05, 0) is 51.2 Å². The maximum absolute atomic E-state index is 3.32. The first-order chi connectivity index (χ1) is 7.19. The van der Waals surface area contributed by atoms with Crippen LogP contribution < -0.4 is 5.32 Å². The van der Waals surface area contributed by atoms with Gasteiger partial charge in [0.1, 0.15) is 0 Å². The van der Waals surface area contributed by atoms with E-state index in [9.17, 15) is 0 Å². The average molecular weight is 212 g/mol. The van der Waals surface area contributed by atoms with Crippen molar-refractivity contribution in [1.82, 2.24) is 10.2 Å². The zero-order chi connectivity index (χ0) is 11.3. The zero-order valence-corrected chi connectivity index (χ0v) is 10.9. The first kappa shape index (κ1) is 13.0. The number of rotatable bonds is 5. The highest BCUT2D eigenvalue weighted by molar-refractivity contribution is 4.80. The highest BCUT2D eigenvalue weighted by Gasteiger charge is 2.25. The lowest BCUT2D eigenvalue weighted by atomic mass is 9.92. The molecule has 1 heterocycles. The lowest BCUT2D eigenvalue weighted by Gasteiger charge is -2.40. The van der Waals surface area contributed by atoms with Crippen LogP contribution in [0.1, 0.15) is 40.0 Å². The molecule has 0 bridgehead atoms. The second kappa shape index (κ2) is 6.49. The molecule has 0 aliphatic carbocycles. The highest BCUT2D eigenvalue weighted by atomic mass is 15.2. The van der Waals surface area contributed by atoms with Crippen LogP contribution in [-0.2, 0) is 0 Å². The van der Waals surface area contributed by atoms with Crippen LogP contribution in [0.4, 0.5) is 0 Å². The first-order valence-corrected chi connectivity index (χ1v) is 6.57. The molecule has 0 aromatic rings. The van der Waals surface area contributed by atoms with Gasteiger partial charge in [0.15, 0.2) is 0 Å². The molecule has 2 atom stereocenters. The molecule has 2 heteroatoms. The number of piperidine rings is 1. The van der Waals surface area contributed by atoms with Crippen molar-refractivity contribution in [2.75, 3.05) is 26.7 Å². The van der Waals surface area contributed by atoms with Gasteiger partial charge in [0.05, 0.1) is 0 Å². The Bertz CT molecular complexity index is 166. The molecule has 90 valence electrons. The molecule has 1 aliphatic heterocycles. The van der Waals surface area contributed by atoms with Crippen molar-refractivity contribution in [2.24, 2.45) is 11.8 Å². The lowest BCUT2D eigenvalue weighted by Crippen LogP contribution is -2.46. The van der Waals surface area contributed by atoms with E-state index in [1.165, 1.54) is 38.9 Å². The molecule has 1 N–H and O–H groups in total. The predicted molar refractivity (Wildman–Crippen MR) is 67.1 cm³/mol. The summed E-state index contributed by atoms with van der Waals surface area (Å²) in [5, 5.41) is 3.32. The molecule has 0 radical (unpaired) electrons. The second-order valence-electron chi connectivity index (χ2n) is 5.28. The van der Waals surface area contributed by atoms with Gasteiger partial charge in [0, 0.05) is 12.6 Å². The summed E-state index contributed by atoms with van der Waals surface area (Å²) in [6.07, 6.45) is 4.09. The van der Waals surface area contributed by atoms with E-state index in [1.54, 1.807) is 0 Å². The Balaban J connectivity index is 2.46. The largest absolute Gasteiger partial charge is 0.319 e. The van der Waals surface area contributed by atoms with Gasteiger partial charge < -0.3 is 5.32 Å². The summed E-state index contributed by atoms with van der Waals surface area (Å²) in [4.78, 5) is 2.72. The quantitative estimate of drug-likeness (QED) is 0.752. The summed E-state index contributed by atoms with van der Waals surface area (Å²) >= 11 is 0. The molecule has 0 aromatic carbocycles. The van der Waals surface area contributed by atoms with Gasteiger partial charge in [-0.3, -0.25) is 4.90 Å². The fraction of sp³-hybridized carbons (Fsp3) is 1.00. The normalized spacial score (nSPS) is 25.8. The summed E-state index contributed by atoms with van der Waals surface area (Å²) in [5.41, 5.74) is 0. The van der Waals surface area contributed by atoms with E-state index in [2.05, 4.69) is 38.0 Å². The van der Waals surface area contributed by atoms with Gasteiger partial charge in [0.25, 0.3) is 0 Å². The van der Waals surface area contributed by atoms with Crippen LogP contribution in [0.15, 0.2) is 0 Å². The van der Waals surface area contributed by atoms with Crippen molar-refractivity contribution < 1.29 is 0 Å². The van der Waals surface area contributed by atoms with Crippen molar-refractivity contribution in [3.05, 3.63) is 0 Å². The summed E-state index contributed by atoms with van der Waals surface area (Å²) in [7, 11) is 2.07. The Hall–Kier alpha value is -0.0800. The maximum Gasteiger partial charge on any atom is 0.0116 e. The van der Waals surface area contributed by atoms with Crippen LogP contribution in [0.5, 0.6) is 0 Å². The van der Waals surface area contributed by atoms with E-state index in [1.807, 2.05) is 0 Å². The van der Waals surface area contributed by atoms with Gasteiger partial charge in [-0.2, -0.15) is 0 Å². The number of hydrogen-bond donors (Lipinski definition) is 1. The number of hydrogen-bond acceptors (Lipinski definition) is 2. The molecule has 1 saturated heterocycles. The van der Waals surface area contributed by atoms with E-state index in [4.69, 9.17) is 0 Å². The fourth-order valence-corrected chi connectivity index (χ4v) is 3.01. The minimum atomic E-state index is 0.795. The summed E-state index contributed by atoms with van der Waals surface area (Å²) < 4.78 is 0. The van der Waals surface area contributed by atoms with Crippen molar-refractivity contribution in [1.29, 1.82) is 0 Å². The van der Waals surface area contributed by atoms with E-state index in [-0.39, 0.29) is 0 Å². The maximum atomic E-state index is 3.32. The smallest absolute Gasteiger partial charge is 0.0116 e. The third kappa shape index (κ3) is 3.76. The molecule has 0 spiro atoms. The Kier molecular flexibility index (Phi) is 5.62. The number of nitrogens with one attached hydrogen (secondary N) is 1. The van der Waals surface area contributed by atoms with E-state index < -0.39 is 0 Å². The van der Waals surface area contributed by atoms with Crippen LogP contribution in [0.3, 0.4) is 0 Å². The van der Waals surface area contributed by atoms with Crippen molar-refractivity contribution in [3.8, 4) is 0 Å². The Morgan fingerprint density at radius 1 is 1.40 bits per heavy atom. The van der Waals surface area contributed by atoms with Gasteiger partial charge in [-0.15, -0.1) is 0 Å². The molecular weight excluding hydrogens is 184 g/mol. The highest BCUT2D eigenvalue weighted by Crippen LogP contribution is 2.22. The minimum Gasteiger partial charge on any atom is -0.319 e. The van der Waals surface area contributed by atoms with Crippen LogP contribution in [0, 0.1) is 11.8 Å². The molecule has 0 amide bonds. The molecule has 0 saturated carbocycles. The van der Waals surface area contributed by atoms with Crippen molar-refractivity contribution in [2.45, 2.75) is 46.1 Å². The van der Waals surface area contributed by atoms with E-state index >= 15 is 0 Å². The topological polar surface area (TPSA) is 15.3 Å². The molecular formula is C13H28N2. The monoisotopic (exact) mass is 212 g/mol. The molecule has 2 unspecified atom stereocenters. The Morgan fingerprint density at radius 3 is 2.67 bits per heavy atom. The molecule has 0 aromatic heterocycles. The molecule has 2 nitrogen and oxygen atoms in total. The average Bonchev–Trinajstić information content (AvgIpc) is 2.19. The van der Waals surface area contributed by atoms with Crippen LogP contribution in [-0.4, -0.2) is 37.6 Å².